The van der Waals surface area contributed by atoms with Crippen molar-refractivity contribution in [2.75, 3.05) is 11.1 Å². The summed E-state index contributed by atoms with van der Waals surface area (Å²) < 4.78 is 1.04. The SMILES string of the molecule is CC(C)(C)c1ccc(Nc2cccc(Br)c2)c(N)c1. The molecule has 0 bridgehead atoms. The summed E-state index contributed by atoms with van der Waals surface area (Å²) in [6.45, 7) is 6.55. The van der Waals surface area contributed by atoms with Gasteiger partial charge >= 0.3 is 0 Å². The van der Waals surface area contributed by atoms with Crippen LogP contribution in [0.1, 0.15) is 26.3 Å². The predicted molar refractivity (Wildman–Crippen MR) is 87.0 cm³/mol. The van der Waals surface area contributed by atoms with Crippen molar-refractivity contribution in [3.63, 3.8) is 0 Å². The van der Waals surface area contributed by atoms with Gasteiger partial charge in [0.15, 0.2) is 0 Å². The molecular weight excluding hydrogens is 300 g/mol. The number of halogens is 1. The Bertz CT molecular complexity index is 586. The van der Waals surface area contributed by atoms with Crippen LogP contribution < -0.4 is 11.1 Å². The van der Waals surface area contributed by atoms with Crippen LogP contribution in [0.25, 0.3) is 0 Å². The van der Waals surface area contributed by atoms with Gasteiger partial charge in [-0.05, 0) is 41.3 Å². The molecule has 3 N–H and O–H groups in total. The number of rotatable bonds is 2. The molecule has 0 saturated heterocycles. The molecule has 2 rings (SSSR count). The highest BCUT2D eigenvalue weighted by Crippen LogP contribution is 2.30. The van der Waals surface area contributed by atoms with Crippen molar-refractivity contribution in [1.29, 1.82) is 0 Å². The molecule has 2 nitrogen and oxygen atoms in total. The lowest BCUT2D eigenvalue weighted by Crippen LogP contribution is -2.11. The molecule has 0 fully saturated rings. The molecule has 0 aromatic heterocycles. The largest absolute Gasteiger partial charge is 0.397 e. The third kappa shape index (κ3) is 3.51. The first-order valence-electron chi connectivity index (χ1n) is 6.29. The Morgan fingerprint density at radius 2 is 1.79 bits per heavy atom. The lowest BCUT2D eigenvalue weighted by molar-refractivity contribution is 0.590. The average Bonchev–Trinajstić information content (AvgIpc) is 2.30. The Morgan fingerprint density at radius 1 is 1.05 bits per heavy atom. The van der Waals surface area contributed by atoms with Crippen LogP contribution in [0.5, 0.6) is 0 Å². The number of nitrogen functional groups attached to an aromatic ring is 1. The summed E-state index contributed by atoms with van der Waals surface area (Å²) in [4.78, 5) is 0. The molecule has 2 aromatic carbocycles. The van der Waals surface area contributed by atoms with E-state index in [1.165, 1.54) is 5.56 Å². The second-order valence-electron chi connectivity index (χ2n) is 5.69. The quantitative estimate of drug-likeness (QED) is 0.758. The summed E-state index contributed by atoms with van der Waals surface area (Å²) in [5.74, 6) is 0. The molecule has 0 amide bonds. The Kier molecular flexibility index (Phi) is 3.85. The van der Waals surface area contributed by atoms with Gasteiger partial charge in [0, 0.05) is 10.2 Å². The molecule has 19 heavy (non-hydrogen) atoms. The molecule has 0 aliphatic carbocycles. The third-order valence-electron chi connectivity index (χ3n) is 3.02. The van der Waals surface area contributed by atoms with Crippen molar-refractivity contribution in [2.24, 2.45) is 0 Å². The third-order valence-corrected chi connectivity index (χ3v) is 3.51. The molecule has 3 heteroatoms. The number of nitrogens with one attached hydrogen (secondary N) is 1. The molecule has 0 aliphatic rings. The van der Waals surface area contributed by atoms with Crippen LogP contribution in [-0.4, -0.2) is 0 Å². The van der Waals surface area contributed by atoms with Crippen molar-refractivity contribution in [1.82, 2.24) is 0 Å². The summed E-state index contributed by atoms with van der Waals surface area (Å²) in [6.07, 6.45) is 0. The highest BCUT2D eigenvalue weighted by atomic mass is 79.9. The average molecular weight is 319 g/mol. The van der Waals surface area contributed by atoms with Crippen molar-refractivity contribution in [3.8, 4) is 0 Å². The van der Waals surface area contributed by atoms with Gasteiger partial charge in [-0.15, -0.1) is 0 Å². The number of nitrogens with two attached hydrogens (primary N) is 1. The van der Waals surface area contributed by atoms with E-state index in [1.807, 2.05) is 36.4 Å². The summed E-state index contributed by atoms with van der Waals surface area (Å²) in [5, 5.41) is 3.34. The fourth-order valence-corrected chi connectivity index (χ4v) is 2.26. The molecule has 0 aliphatic heterocycles. The Morgan fingerprint density at radius 3 is 2.37 bits per heavy atom. The van der Waals surface area contributed by atoms with Crippen molar-refractivity contribution >= 4 is 33.0 Å². The zero-order valence-electron chi connectivity index (χ0n) is 11.5. The minimum atomic E-state index is 0.114. The summed E-state index contributed by atoms with van der Waals surface area (Å²) >= 11 is 3.46. The van der Waals surface area contributed by atoms with Gasteiger partial charge in [0.2, 0.25) is 0 Å². The van der Waals surface area contributed by atoms with E-state index in [0.29, 0.717) is 0 Å². The van der Waals surface area contributed by atoms with E-state index in [4.69, 9.17) is 5.73 Å². The smallest absolute Gasteiger partial charge is 0.0618 e. The normalized spacial score (nSPS) is 11.4. The lowest BCUT2D eigenvalue weighted by atomic mass is 9.86. The van der Waals surface area contributed by atoms with Crippen LogP contribution in [0, 0.1) is 0 Å². The highest BCUT2D eigenvalue weighted by molar-refractivity contribution is 9.10. The monoisotopic (exact) mass is 318 g/mol. The molecule has 0 spiro atoms. The van der Waals surface area contributed by atoms with Gasteiger partial charge in [0.05, 0.1) is 11.4 Å². The lowest BCUT2D eigenvalue weighted by Gasteiger charge is -2.20. The number of hydrogen-bond donors (Lipinski definition) is 2. The molecule has 100 valence electrons. The Hall–Kier alpha value is -1.48. The van der Waals surface area contributed by atoms with Crippen LogP contribution in [0.4, 0.5) is 17.1 Å². The van der Waals surface area contributed by atoms with Gasteiger partial charge in [0.25, 0.3) is 0 Å². The van der Waals surface area contributed by atoms with E-state index in [2.05, 4.69) is 48.1 Å². The molecular formula is C16H19BrN2. The Labute approximate surface area is 123 Å². The molecule has 0 unspecified atom stereocenters. The maximum atomic E-state index is 6.13. The fourth-order valence-electron chi connectivity index (χ4n) is 1.86. The van der Waals surface area contributed by atoms with Crippen LogP contribution >= 0.6 is 15.9 Å². The molecule has 0 atom stereocenters. The van der Waals surface area contributed by atoms with E-state index < -0.39 is 0 Å². The fraction of sp³-hybridized carbons (Fsp3) is 0.250. The van der Waals surface area contributed by atoms with Crippen LogP contribution in [0.3, 0.4) is 0 Å². The van der Waals surface area contributed by atoms with Crippen molar-refractivity contribution < 1.29 is 0 Å². The topological polar surface area (TPSA) is 38.0 Å². The van der Waals surface area contributed by atoms with Gasteiger partial charge in [-0.2, -0.15) is 0 Å². The first kappa shape index (κ1) is 13.9. The van der Waals surface area contributed by atoms with Gasteiger partial charge in [-0.3, -0.25) is 0 Å². The van der Waals surface area contributed by atoms with E-state index in [1.54, 1.807) is 0 Å². The predicted octanol–water partition coefficient (Wildman–Crippen LogP) is 5.07. The maximum absolute atomic E-state index is 6.13. The minimum absolute atomic E-state index is 0.114. The number of benzene rings is 2. The zero-order chi connectivity index (χ0) is 14.0. The maximum Gasteiger partial charge on any atom is 0.0618 e. The second kappa shape index (κ2) is 5.25. The van der Waals surface area contributed by atoms with Crippen LogP contribution in [0.15, 0.2) is 46.9 Å². The standard InChI is InChI=1S/C16H19BrN2/c1-16(2,3)11-7-8-15(14(18)9-11)19-13-6-4-5-12(17)10-13/h4-10,19H,18H2,1-3H3. The van der Waals surface area contributed by atoms with E-state index in [0.717, 1.165) is 21.5 Å². The Balaban J connectivity index is 2.27. The number of hydrogen-bond acceptors (Lipinski definition) is 2. The molecule has 2 aromatic rings. The first-order valence-corrected chi connectivity index (χ1v) is 7.08. The first-order chi connectivity index (χ1) is 8.86. The van der Waals surface area contributed by atoms with Crippen molar-refractivity contribution in [2.45, 2.75) is 26.2 Å². The second-order valence-corrected chi connectivity index (χ2v) is 6.60. The van der Waals surface area contributed by atoms with Gasteiger partial charge in [-0.1, -0.05) is 48.8 Å². The van der Waals surface area contributed by atoms with Gasteiger partial charge in [-0.25, -0.2) is 0 Å². The van der Waals surface area contributed by atoms with Crippen LogP contribution in [0.2, 0.25) is 0 Å². The minimum Gasteiger partial charge on any atom is -0.397 e. The van der Waals surface area contributed by atoms with E-state index in [-0.39, 0.29) is 5.41 Å². The van der Waals surface area contributed by atoms with E-state index in [9.17, 15) is 0 Å². The zero-order valence-corrected chi connectivity index (χ0v) is 13.1. The molecule has 0 heterocycles. The number of anilines is 3. The summed E-state index contributed by atoms with van der Waals surface area (Å²) in [6, 6.07) is 14.2. The van der Waals surface area contributed by atoms with Crippen LogP contribution in [-0.2, 0) is 5.41 Å². The highest BCUT2D eigenvalue weighted by Gasteiger charge is 2.14. The summed E-state index contributed by atoms with van der Waals surface area (Å²) in [5.41, 5.74) is 10.2. The van der Waals surface area contributed by atoms with E-state index >= 15 is 0 Å². The van der Waals surface area contributed by atoms with Crippen molar-refractivity contribution in [3.05, 3.63) is 52.5 Å². The summed E-state index contributed by atoms with van der Waals surface area (Å²) in [7, 11) is 0. The van der Waals surface area contributed by atoms with Gasteiger partial charge in [0.1, 0.15) is 0 Å². The molecule has 0 radical (unpaired) electrons. The van der Waals surface area contributed by atoms with Gasteiger partial charge < -0.3 is 11.1 Å². The molecule has 0 saturated carbocycles.